The first-order valence-corrected chi connectivity index (χ1v) is 7.35. The summed E-state index contributed by atoms with van der Waals surface area (Å²) >= 11 is 0. The van der Waals surface area contributed by atoms with Crippen LogP contribution >= 0.6 is 0 Å². The zero-order chi connectivity index (χ0) is 14.5. The van der Waals surface area contributed by atoms with Gasteiger partial charge in [-0.2, -0.15) is 0 Å². The van der Waals surface area contributed by atoms with Crippen molar-refractivity contribution in [3.63, 3.8) is 0 Å². The van der Waals surface area contributed by atoms with E-state index in [0.717, 1.165) is 0 Å². The highest BCUT2D eigenvalue weighted by molar-refractivity contribution is 7.89. The molecular formula is C13H17NO4S. The van der Waals surface area contributed by atoms with Gasteiger partial charge in [-0.25, -0.2) is 17.9 Å². The Hall–Kier alpha value is -1.66. The standard InChI is InChI=1S/C13H17NO4S/c1-3-8-14-19(17,18)12-7-5-4-6-11(12)9-10(2)13(15)16/h4-7,14H,2-3,8-9H2,1H3,(H,15,16). The lowest BCUT2D eigenvalue weighted by Crippen LogP contribution is -2.25. The Bertz CT molecular complexity index is 578. The molecule has 0 bridgehead atoms. The lowest BCUT2D eigenvalue weighted by molar-refractivity contribution is -0.132. The topological polar surface area (TPSA) is 83.5 Å². The number of rotatable bonds is 7. The molecule has 0 heterocycles. The van der Waals surface area contributed by atoms with E-state index < -0.39 is 16.0 Å². The summed E-state index contributed by atoms with van der Waals surface area (Å²) in [6.45, 7) is 5.63. The van der Waals surface area contributed by atoms with E-state index in [9.17, 15) is 13.2 Å². The summed E-state index contributed by atoms with van der Waals surface area (Å²) < 4.78 is 26.6. The Morgan fingerprint density at radius 3 is 2.58 bits per heavy atom. The fraction of sp³-hybridized carbons (Fsp3) is 0.308. The molecule has 0 spiro atoms. The van der Waals surface area contributed by atoms with Gasteiger partial charge in [0.15, 0.2) is 0 Å². The Kier molecular flexibility index (Phi) is 5.26. The molecule has 0 aliphatic heterocycles. The van der Waals surface area contributed by atoms with Crippen LogP contribution in [0.25, 0.3) is 0 Å². The monoisotopic (exact) mass is 283 g/mol. The highest BCUT2D eigenvalue weighted by Crippen LogP contribution is 2.18. The molecule has 0 amide bonds. The van der Waals surface area contributed by atoms with Crippen LogP contribution in [0.1, 0.15) is 18.9 Å². The van der Waals surface area contributed by atoms with Gasteiger partial charge in [0.25, 0.3) is 0 Å². The molecule has 0 aromatic heterocycles. The van der Waals surface area contributed by atoms with Crippen LogP contribution in [0.3, 0.4) is 0 Å². The maximum atomic E-state index is 12.1. The van der Waals surface area contributed by atoms with Crippen LogP contribution in [0.5, 0.6) is 0 Å². The van der Waals surface area contributed by atoms with E-state index >= 15 is 0 Å². The minimum atomic E-state index is -3.61. The molecule has 1 rings (SSSR count). The highest BCUT2D eigenvalue weighted by atomic mass is 32.2. The summed E-state index contributed by atoms with van der Waals surface area (Å²) in [4.78, 5) is 10.9. The number of aliphatic carboxylic acids is 1. The molecule has 0 saturated heterocycles. The molecule has 0 radical (unpaired) electrons. The Labute approximate surface area is 113 Å². The minimum absolute atomic E-state index is 0.00145. The van der Waals surface area contributed by atoms with E-state index in [1.807, 2.05) is 6.92 Å². The summed E-state index contributed by atoms with van der Waals surface area (Å²) in [7, 11) is -3.61. The zero-order valence-corrected chi connectivity index (χ0v) is 11.5. The van der Waals surface area contributed by atoms with Gasteiger partial charge in [-0.15, -0.1) is 0 Å². The predicted octanol–water partition coefficient (Wildman–Crippen LogP) is 1.56. The zero-order valence-electron chi connectivity index (χ0n) is 10.7. The van der Waals surface area contributed by atoms with Gasteiger partial charge in [0, 0.05) is 18.5 Å². The fourth-order valence-electron chi connectivity index (χ4n) is 1.53. The molecule has 5 nitrogen and oxygen atoms in total. The summed E-state index contributed by atoms with van der Waals surface area (Å²) in [5.41, 5.74) is 0.386. The van der Waals surface area contributed by atoms with Gasteiger partial charge in [0.05, 0.1) is 4.90 Å². The molecule has 0 atom stereocenters. The molecule has 2 N–H and O–H groups in total. The third kappa shape index (κ3) is 4.18. The van der Waals surface area contributed by atoms with Crippen molar-refractivity contribution in [1.29, 1.82) is 0 Å². The maximum absolute atomic E-state index is 12.1. The number of benzene rings is 1. The van der Waals surface area contributed by atoms with Crippen LogP contribution in [-0.4, -0.2) is 26.0 Å². The molecule has 0 saturated carbocycles. The number of hydrogen-bond donors (Lipinski definition) is 2. The molecular weight excluding hydrogens is 266 g/mol. The van der Waals surface area contributed by atoms with Crippen molar-refractivity contribution in [3.05, 3.63) is 42.0 Å². The SMILES string of the molecule is C=C(Cc1ccccc1S(=O)(=O)NCCC)C(=O)O. The Balaban J connectivity index is 3.09. The third-order valence-electron chi connectivity index (χ3n) is 2.51. The number of nitrogens with one attached hydrogen (secondary N) is 1. The van der Waals surface area contributed by atoms with Crippen LogP contribution in [0.2, 0.25) is 0 Å². The van der Waals surface area contributed by atoms with Crippen LogP contribution in [-0.2, 0) is 21.2 Å². The maximum Gasteiger partial charge on any atom is 0.331 e. The van der Waals surface area contributed by atoms with E-state index in [2.05, 4.69) is 11.3 Å². The van der Waals surface area contributed by atoms with Crippen LogP contribution < -0.4 is 4.72 Å². The van der Waals surface area contributed by atoms with Crippen LogP contribution in [0.4, 0.5) is 0 Å². The molecule has 0 fully saturated rings. The number of carbonyl (C=O) groups is 1. The van der Waals surface area contributed by atoms with Crippen molar-refractivity contribution >= 4 is 16.0 Å². The molecule has 1 aromatic carbocycles. The first-order chi connectivity index (χ1) is 8.88. The fourth-order valence-corrected chi connectivity index (χ4v) is 2.90. The second-order valence-electron chi connectivity index (χ2n) is 4.09. The van der Waals surface area contributed by atoms with Gasteiger partial charge in [0.2, 0.25) is 10.0 Å². The Morgan fingerprint density at radius 2 is 2.00 bits per heavy atom. The summed E-state index contributed by atoms with van der Waals surface area (Å²) in [6.07, 6.45) is 0.682. The number of carboxylic acid groups (broad SMARTS) is 1. The quantitative estimate of drug-likeness (QED) is 0.744. The van der Waals surface area contributed by atoms with E-state index in [1.165, 1.54) is 6.07 Å². The minimum Gasteiger partial charge on any atom is -0.478 e. The molecule has 0 unspecified atom stereocenters. The van der Waals surface area contributed by atoms with Crippen molar-refractivity contribution in [2.24, 2.45) is 0 Å². The highest BCUT2D eigenvalue weighted by Gasteiger charge is 2.18. The van der Waals surface area contributed by atoms with Crippen molar-refractivity contribution in [2.75, 3.05) is 6.54 Å². The van der Waals surface area contributed by atoms with Gasteiger partial charge in [-0.3, -0.25) is 0 Å². The Morgan fingerprint density at radius 1 is 1.37 bits per heavy atom. The van der Waals surface area contributed by atoms with Gasteiger partial charge in [-0.05, 0) is 18.1 Å². The van der Waals surface area contributed by atoms with Gasteiger partial charge in [0.1, 0.15) is 0 Å². The summed E-state index contributed by atoms with van der Waals surface area (Å²) in [5, 5.41) is 8.81. The van der Waals surface area contributed by atoms with Gasteiger partial charge < -0.3 is 5.11 Å². The first-order valence-electron chi connectivity index (χ1n) is 5.87. The number of sulfonamides is 1. The predicted molar refractivity (Wildman–Crippen MR) is 72.4 cm³/mol. The molecule has 6 heteroatoms. The average molecular weight is 283 g/mol. The molecule has 0 aliphatic rings. The lowest BCUT2D eigenvalue weighted by atomic mass is 10.1. The normalized spacial score (nSPS) is 11.2. The van der Waals surface area contributed by atoms with Crippen molar-refractivity contribution in [2.45, 2.75) is 24.7 Å². The third-order valence-corrected chi connectivity index (χ3v) is 4.07. The second-order valence-corrected chi connectivity index (χ2v) is 5.83. The van der Waals surface area contributed by atoms with Crippen molar-refractivity contribution in [3.8, 4) is 0 Å². The van der Waals surface area contributed by atoms with E-state index in [0.29, 0.717) is 18.5 Å². The number of carboxylic acids is 1. The van der Waals surface area contributed by atoms with Gasteiger partial charge in [-0.1, -0.05) is 31.7 Å². The molecule has 104 valence electrons. The van der Waals surface area contributed by atoms with Crippen LogP contribution in [0.15, 0.2) is 41.3 Å². The molecule has 1 aromatic rings. The summed E-state index contributed by atoms with van der Waals surface area (Å²) in [5.74, 6) is -1.13. The molecule has 19 heavy (non-hydrogen) atoms. The summed E-state index contributed by atoms with van der Waals surface area (Å²) in [6, 6.07) is 6.33. The van der Waals surface area contributed by atoms with Gasteiger partial charge >= 0.3 is 5.97 Å². The average Bonchev–Trinajstić information content (AvgIpc) is 2.36. The first kappa shape index (κ1) is 15.4. The van der Waals surface area contributed by atoms with Crippen molar-refractivity contribution < 1.29 is 18.3 Å². The van der Waals surface area contributed by atoms with Crippen LogP contribution in [0, 0.1) is 0 Å². The smallest absolute Gasteiger partial charge is 0.331 e. The largest absolute Gasteiger partial charge is 0.478 e. The number of hydrogen-bond acceptors (Lipinski definition) is 3. The van der Waals surface area contributed by atoms with E-state index in [-0.39, 0.29) is 16.9 Å². The van der Waals surface area contributed by atoms with Crippen molar-refractivity contribution in [1.82, 2.24) is 4.72 Å². The van der Waals surface area contributed by atoms with E-state index in [1.54, 1.807) is 18.2 Å². The second kappa shape index (κ2) is 6.49. The van der Waals surface area contributed by atoms with E-state index in [4.69, 9.17) is 5.11 Å². The molecule has 0 aliphatic carbocycles. The lowest BCUT2D eigenvalue weighted by Gasteiger charge is -2.11.